The number of hydrogen-bond acceptors (Lipinski definition) is 5. The van der Waals surface area contributed by atoms with Crippen LogP contribution in [0.25, 0.3) is 0 Å². The summed E-state index contributed by atoms with van der Waals surface area (Å²) in [4.78, 5) is 27.2. The molecule has 0 bridgehead atoms. The van der Waals surface area contributed by atoms with E-state index in [0.29, 0.717) is 44.0 Å². The minimum absolute atomic E-state index is 0.0107. The van der Waals surface area contributed by atoms with Gasteiger partial charge in [-0.05, 0) is 31.4 Å². The summed E-state index contributed by atoms with van der Waals surface area (Å²) < 4.78 is 1.84. The summed E-state index contributed by atoms with van der Waals surface area (Å²) in [6.45, 7) is 4.93. The Bertz CT molecular complexity index is 935. The normalized spacial score (nSPS) is 15.8. The second-order valence-electron chi connectivity index (χ2n) is 7.36. The smallest absolute Gasteiger partial charge is 0.243 e. The first-order chi connectivity index (χ1) is 14.5. The van der Waals surface area contributed by atoms with Crippen LogP contribution < -0.4 is 5.32 Å². The molecule has 1 atom stereocenters. The number of carbonyl (C=O) groups excluding carboxylic acids is 2. The van der Waals surface area contributed by atoms with Crippen LogP contribution in [-0.4, -0.2) is 44.2 Å². The van der Waals surface area contributed by atoms with E-state index in [1.54, 1.807) is 16.7 Å². The van der Waals surface area contributed by atoms with E-state index in [1.165, 1.54) is 0 Å². The zero-order valence-electron chi connectivity index (χ0n) is 17.4. The SMILES string of the molecule is Cc1nn(CCC#N)c(C)c1CCC(=O)N1CSCC1C(=O)NCc1ccccc1. The predicted molar refractivity (Wildman–Crippen MR) is 116 cm³/mol. The second kappa shape index (κ2) is 10.3. The summed E-state index contributed by atoms with van der Waals surface area (Å²) in [6, 6.07) is 11.5. The van der Waals surface area contributed by atoms with Crippen LogP contribution in [0.5, 0.6) is 0 Å². The van der Waals surface area contributed by atoms with Crippen LogP contribution in [0.3, 0.4) is 0 Å². The standard InChI is InChI=1S/C22H27N5O2S/c1-16-19(17(2)27(25-16)12-6-11-23)9-10-21(28)26-15-30-14-20(26)22(29)24-13-18-7-4-3-5-8-18/h3-5,7-8,20H,6,9-10,12-15H2,1-2H3,(H,24,29). The molecule has 1 aromatic heterocycles. The molecule has 2 aromatic rings. The lowest BCUT2D eigenvalue weighted by atomic mass is 10.1. The van der Waals surface area contributed by atoms with Crippen molar-refractivity contribution in [3.8, 4) is 6.07 Å². The molecule has 0 radical (unpaired) electrons. The average molecular weight is 426 g/mol. The summed E-state index contributed by atoms with van der Waals surface area (Å²) in [5.41, 5.74) is 3.99. The minimum Gasteiger partial charge on any atom is -0.350 e. The van der Waals surface area contributed by atoms with Crippen LogP contribution in [0.1, 0.15) is 35.4 Å². The first-order valence-electron chi connectivity index (χ1n) is 10.1. The zero-order chi connectivity index (χ0) is 21.5. The van der Waals surface area contributed by atoms with Crippen molar-refractivity contribution in [2.75, 3.05) is 11.6 Å². The molecule has 0 spiro atoms. The number of amides is 2. The maximum Gasteiger partial charge on any atom is 0.243 e. The summed E-state index contributed by atoms with van der Waals surface area (Å²) in [6.07, 6.45) is 1.34. The lowest BCUT2D eigenvalue weighted by Gasteiger charge is -2.23. The molecule has 30 heavy (non-hydrogen) atoms. The van der Waals surface area contributed by atoms with Crippen molar-refractivity contribution in [3.63, 3.8) is 0 Å². The highest BCUT2D eigenvalue weighted by atomic mass is 32.2. The summed E-state index contributed by atoms with van der Waals surface area (Å²) >= 11 is 1.61. The van der Waals surface area contributed by atoms with Crippen molar-refractivity contribution in [3.05, 3.63) is 52.8 Å². The Balaban J connectivity index is 1.56. The molecule has 1 N–H and O–H groups in total. The van der Waals surface area contributed by atoms with Gasteiger partial charge in [-0.3, -0.25) is 14.3 Å². The number of nitrogens with one attached hydrogen (secondary N) is 1. The van der Waals surface area contributed by atoms with E-state index < -0.39 is 6.04 Å². The van der Waals surface area contributed by atoms with E-state index in [1.807, 2.05) is 48.9 Å². The van der Waals surface area contributed by atoms with Gasteiger partial charge in [-0.15, -0.1) is 11.8 Å². The Hall–Kier alpha value is -2.79. The van der Waals surface area contributed by atoms with Crippen LogP contribution in [-0.2, 0) is 29.1 Å². The highest BCUT2D eigenvalue weighted by Gasteiger charge is 2.34. The number of aromatic nitrogens is 2. The average Bonchev–Trinajstić information content (AvgIpc) is 3.35. The van der Waals surface area contributed by atoms with Crippen LogP contribution in [0.4, 0.5) is 0 Å². The quantitative estimate of drug-likeness (QED) is 0.702. The molecule has 0 saturated carbocycles. The largest absolute Gasteiger partial charge is 0.350 e. The summed E-state index contributed by atoms with van der Waals surface area (Å²) in [5.74, 6) is 1.05. The third-order valence-electron chi connectivity index (χ3n) is 5.37. The van der Waals surface area contributed by atoms with Gasteiger partial charge in [0.25, 0.3) is 0 Å². The summed E-state index contributed by atoms with van der Waals surface area (Å²) in [5, 5.41) is 16.2. The molecular formula is C22H27N5O2S. The maximum atomic E-state index is 12.9. The predicted octanol–water partition coefficient (Wildman–Crippen LogP) is 2.56. The Morgan fingerprint density at radius 2 is 2.07 bits per heavy atom. The van der Waals surface area contributed by atoms with Gasteiger partial charge in [0.05, 0.1) is 30.6 Å². The number of aryl methyl sites for hydroxylation is 2. The van der Waals surface area contributed by atoms with E-state index in [9.17, 15) is 9.59 Å². The molecule has 2 heterocycles. The fourth-order valence-corrected chi connectivity index (χ4v) is 4.83. The van der Waals surface area contributed by atoms with Gasteiger partial charge in [-0.25, -0.2) is 0 Å². The van der Waals surface area contributed by atoms with Gasteiger partial charge >= 0.3 is 0 Å². The fraction of sp³-hybridized carbons (Fsp3) is 0.455. The number of rotatable bonds is 8. The van der Waals surface area contributed by atoms with Gasteiger partial charge in [-0.2, -0.15) is 10.4 Å². The van der Waals surface area contributed by atoms with Gasteiger partial charge in [0.15, 0.2) is 0 Å². The topological polar surface area (TPSA) is 91.0 Å². The number of benzene rings is 1. The number of hydrogen-bond donors (Lipinski definition) is 1. The van der Waals surface area contributed by atoms with Gasteiger partial charge in [-0.1, -0.05) is 30.3 Å². The Morgan fingerprint density at radius 3 is 2.80 bits per heavy atom. The fourth-order valence-electron chi connectivity index (χ4n) is 3.65. The van der Waals surface area contributed by atoms with Crippen molar-refractivity contribution in [1.29, 1.82) is 5.26 Å². The lowest BCUT2D eigenvalue weighted by Crippen LogP contribution is -2.47. The number of thioether (sulfide) groups is 1. The lowest BCUT2D eigenvalue weighted by molar-refractivity contribution is -0.138. The van der Waals surface area contributed by atoms with E-state index in [2.05, 4.69) is 16.5 Å². The molecular weight excluding hydrogens is 398 g/mol. The van der Waals surface area contributed by atoms with E-state index in [0.717, 1.165) is 22.5 Å². The van der Waals surface area contributed by atoms with Crippen molar-refractivity contribution < 1.29 is 9.59 Å². The van der Waals surface area contributed by atoms with Crippen molar-refractivity contribution >= 4 is 23.6 Å². The second-order valence-corrected chi connectivity index (χ2v) is 8.36. The summed E-state index contributed by atoms with van der Waals surface area (Å²) in [7, 11) is 0. The van der Waals surface area contributed by atoms with Crippen molar-refractivity contribution in [2.24, 2.45) is 0 Å². The molecule has 1 fully saturated rings. The third-order valence-corrected chi connectivity index (χ3v) is 6.38. The number of nitrogens with zero attached hydrogens (tertiary/aromatic N) is 4. The minimum atomic E-state index is -0.424. The first-order valence-corrected chi connectivity index (χ1v) is 11.3. The van der Waals surface area contributed by atoms with Gasteiger partial charge in [0.1, 0.15) is 6.04 Å². The van der Waals surface area contributed by atoms with Gasteiger partial charge in [0, 0.05) is 24.4 Å². The Morgan fingerprint density at radius 1 is 1.30 bits per heavy atom. The molecule has 158 valence electrons. The van der Waals surface area contributed by atoms with Gasteiger partial charge < -0.3 is 10.2 Å². The molecule has 0 aliphatic carbocycles. The third kappa shape index (κ3) is 5.22. The van der Waals surface area contributed by atoms with Crippen molar-refractivity contribution in [2.45, 2.75) is 52.2 Å². The van der Waals surface area contributed by atoms with Crippen molar-refractivity contribution in [1.82, 2.24) is 20.0 Å². The zero-order valence-corrected chi connectivity index (χ0v) is 18.2. The molecule has 8 heteroatoms. The number of carbonyl (C=O) groups is 2. The highest BCUT2D eigenvalue weighted by Crippen LogP contribution is 2.23. The molecule has 1 saturated heterocycles. The van der Waals surface area contributed by atoms with E-state index in [4.69, 9.17) is 5.26 Å². The molecule has 1 unspecified atom stereocenters. The maximum absolute atomic E-state index is 12.9. The first kappa shape index (κ1) is 21.9. The molecule has 2 amide bonds. The molecule has 1 aliphatic heterocycles. The van der Waals surface area contributed by atoms with Crippen LogP contribution in [0.2, 0.25) is 0 Å². The van der Waals surface area contributed by atoms with Gasteiger partial charge in [0.2, 0.25) is 11.8 Å². The molecule has 7 nitrogen and oxygen atoms in total. The monoisotopic (exact) mass is 425 g/mol. The van der Waals surface area contributed by atoms with Crippen LogP contribution >= 0.6 is 11.8 Å². The Labute approximate surface area is 181 Å². The molecule has 3 rings (SSSR count). The number of nitriles is 1. The highest BCUT2D eigenvalue weighted by molar-refractivity contribution is 7.99. The molecule has 1 aromatic carbocycles. The van der Waals surface area contributed by atoms with Crippen LogP contribution in [0.15, 0.2) is 30.3 Å². The molecule has 1 aliphatic rings. The van der Waals surface area contributed by atoms with E-state index in [-0.39, 0.29) is 11.8 Å². The Kier molecular flexibility index (Phi) is 7.52. The van der Waals surface area contributed by atoms with Crippen LogP contribution in [0, 0.1) is 25.2 Å². The van der Waals surface area contributed by atoms with E-state index >= 15 is 0 Å².